The Hall–Kier alpha value is -1.94. The topological polar surface area (TPSA) is 47.0 Å². The van der Waals surface area contributed by atoms with Gasteiger partial charge in [0.25, 0.3) is 0 Å². The Bertz CT molecular complexity index is 511. The van der Waals surface area contributed by atoms with E-state index in [1.165, 1.54) is 5.56 Å². The molecule has 0 unspecified atom stereocenters. The molecule has 4 heteroatoms. The zero-order valence-electron chi connectivity index (χ0n) is 11.4. The van der Waals surface area contributed by atoms with Gasteiger partial charge in [-0.05, 0) is 31.0 Å². The first-order valence-electron chi connectivity index (χ1n) is 6.44. The van der Waals surface area contributed by atoms with Gasteiger partial charge >= 0.3 is 0 Å². The van der Waals surface area contributed by atoms with Gasteiger partial charge in [-0.2, -0.15) is 0 Å². The number of nitrogens with zero attached hydrogens (tertiary/aromatic N) is 2. The fraction of sp³-hybridized carbons (Fsp3) is 0.333. The van der Waals surface area contributed by atoms with E-state index in [-0.39, 0.29) is 0 Å². The monoisotopic (exact) mass is 257 g/mol. The van der Waals surface area contributed by atoms with Crippen LogP contribution in [0.25, 0.3) is 11.3 Å². The van der Waals surface area contributed by atoms with Crippen LogP contribution in [0.5, 0.6) is 0 Å². The summed E-state index contributed by atoms with van der Waals surface area (Å²) in [6, 6.07) is 12.1. The quantitative estimate of drug-likeness (QED) is 0.808. The molecule has 2 aromatic rings. The molecule has 4 nitrogen and oxygen atoms in total. The third-order valence-corrected chi connectivity index (χ3v) is 2.92. The van der Waals surface area contributed by atoms with Gasteiger partial charge in [-0.3, -0.25) is 0 Å². The Morgan fingerprint density at radius 3 is 2.63 bits per heavy atom. The van der Waals surface area contributed by atoms with Crippen LogP contribution in [0.15, 0.2) is 36.4 Å². The minimum atomic E-state index is 0.752. The number of nitrogens with one attached hydrogen (secondary N) is 1. The molecule has 0 aliphatic carbocycles. The number of hydrogen-bond donors (Lipinski definition) is 1. The molecule has 0 atom stereocenters. The molecule has 2 rings (SSSR count). The van der Waals surface area contributed by atoms with Crippen LogP contribution in [0.4, 0.5) is 5.82 Å². The maximum atomic E-state index is 4.99. The summed E-state index contributed by atoms with van der Waals surface area (Å²) in [6.07, 6.45) is 0.956. The van der Waals surface area contributed by atoms with Crippen molar-refractivity contribution in [1.29, 1.82) is 0 Å². The average Bonchev–Trinajstić information content (AvgIpc) is 2.45. The summed E-state index contributed by atoms with van der Waals surface area (Å²) in [6.45, 7) is 3.67. The lowest BCUT2D eigenvalue weighted by atomic mass is 10.1. The van der Waals surface area contributed by atoms with E-state index >= 15 is 0 Å². The zero-order chi connectivity index (χ0) is 13.5. The molecule has 1 N–H and O–H groups in total. The van der Waals surface area contributed by atoms with Crippen LogP contribution in [-0.2, 0) is 4.74 Å². The third-order valence-electron chi connectivity index (χ3n) is 2.92. The van der Waals surface area contributed by atoms with E-state index in [9.17, 15) is 0 Å². The van der Waals surface area contributed by atoms with Crippen LogP contribution in [0.3, 0.4) is 0 Å². The normalized spacial score (nSPS) is 10.4. The van der Waals surface area contributed by atoms with Crippen molar-refractivity contribution >= 4 is 5.82 Å². The van der Waals surface area contributed by atoms with Gasteiger partial charge in [-0.25, -0.2) is 0 Å². The maximum absolute atomic E-state index is 4.99. The molecular formula is C15H19N3O. The summed E-state index contributed by atoms with van der Waals surface area (Å²) in [5, 5.41) is 11.7. The second-order valence-corrected chi connectivity index (χ2v) is 4.39. The molecule has 0 bridgehead atoms. The van der Waals surface area contributed by atoms with Crippen molar-refractivity contribution in [3.63, 3.8) is 0 Å². The van der Waals surface area contributed by atoms with Crippen molar-refractivity contribution in [2.45, 2.75) is 13.3 Å². The number of aryl methyl sites for hydroxylation is 1. The van der Waals surface area contributed by atoms with Crippen molar-refractivity contribution in [1.82, 2.24) is 10.2 Å². The van der Waals surface area contributed by atoms with Crippen LogP contribution < -0.4 is 5.32 Å². The number of aromatic nitrogens is 2. The number of methoxy groups -OCH3 is 1. The zero-order valence-corrected chi connectivity index (χ0v) is 11.4. The first-order chi connectivity index (χ1) is 9.31. The van der Waals surface area contributed by atoms with E-state index in [1.54, 1.807) is 7.11 Å². The Labute approximate surface area is 113 Å². The summed E-state index contributed by atoms with van der Waals surface area (Å²) >= 11 is 0. The molecule has 0 radical (unpaired) electrons. The second kappa shape index (κ2) is 6.85. The predicted octanol–water partition coefficient (Wildman–Crippen LogP) is 2.90. The van der Waals surface area contributed by atoms with Gasteiger partial charge in [-0.1, -0.05) is 24.3 Å². The Morgan fingerprint density at radius 2 is 1.95 bits per heavy atom. The molecule has 1 aromatic heterocycles. The lowest BCUT2D eigenvalue weighted by molar-refractivity contribution is 0.197. The van der Waals surface area contributed by atoms with Gasteiger partial charge < -0.3 is 10.1 Å². The van der Waals surface area contributed by atoms with E-state index in [4.69, 9.17) is 4.74 Å². The van der Waals surface area contributed by atoms with Crippen molar-refractivity contribution in [2.75, 3.05) is 25.6 Å². The highest BCUT2D eigenvalue weighted by Crippen LogP contribution is 2.20. The maximum Gasteiger partial charge on any atom is 0.148 e. The molecule has 0 saturated heterocycles. The fourth-order valence-electron chi connectivity index (χ4n) is 1.86. The molecule has 0 spiro atoms. The van der Waals surface area contributed by atoms with E-state index in [0.29, 0.717) is 0 Å². The number of hydrogen-bond acceptors (Lipinski definition) is 4. The first-order valence-corrected chi connectivity index (χ1v) is 6.44. The van der Waals surface area contributed by atoms with E-state index in [1.807, 2.05) is 24.3 Å². The molecule has 0 fully saturated rings. The molecule has 100 valence electrons. The van der Waals surface area contributed by atoms with Gasteiger partial charge in [0, 0.05) is 25.8 Å². The molecular weight excluding hydrogens is 238 g/mol. The lowest BCUT2D eigenvalue weighted by Gasteiger charge is -2.06. The summed E-state index contributed by atoms with van der Waals surface area (Å²) in [4.78, 5) is 0. The van der Waals surface area contributed by atoms with Crippen LogP contribution in [0.2, 0.25) is 0 Å². The highest BCUT2D eigenvalue weighted by atomic mass is 16.5. The van der Waals surface area contributed by atoms with Crippen LogP contribution >= 0.6 is 0 Å². The number of ether oxygens (including phenoxy) is 1. The van der Waals surface area contributed by atoms with Gasteiger partial charge in [0.05, 0.1) is 5.69 Å². The van der Waals surface area contributed by atoms with E-state index in [2.05, 4.69) is 34.6 Å². The molecule has 0 saturated carbocycles. The molecule has 1 heterocycles. The van der Waals surface area contributed by atoms with Gasteiger partial charge in [0.1, 0.15) is 5.82 Å². The fourth-order valence-corrected chi connectivity index (χ4v) is 1.86. The summed E-state index contributed by atoms with van der Waals surface area (Å²) < 4.78 is 4.99. The largest absolute Gasteiger partial charge is 0.385 e. The van der Waals surface area contributed by atoms with E-state index < -0.39 is 0 Å². The van der Waals surface area contributed by atoms with Crippen molar-refractivity contribution < 1.29 is 4.74 Å². The van der Waals surface area contributed by atoms with Gasteiger partial charge in [0.2, 0.25) is 0 Å². The highest BCUT2D eigenvalue weighted by Gasteiger charge is 2.03. The average molecular weight is 257 g/mol. The summed E-state index contributed by atoms with van der Waals surface area (Å²) in [7, 11) is 1.71. The van der Waals surface area contributed by atoms with Crippen LogP contribution in [-0.4, -0.2) is 30.5 Å². The first kappa shape index (κ1) is 13.5. The number of rotatable bonds is 6. The Morgan fingerprint density at radius 1 is 1.11 bits per heavy atom. The van der Waals surface area contributed by atoms with Gasteiger partial charge in [0.15, 0.2) is 0 Å². The summed E-state index contributed by atoms with van der Waals surface area (Å²) in [5.74, 6) is 0.799. The third kappa shape index (κ3) is 3.76. The van der Waals surface area contributed by atoms with Crippen molar-refractivity contribution in [3.05, 3.63) is 42.0 Å². The molecule has 19 heavy (non-hydrogen) atoms. The highest BCUT2D eigenvalue weighted by molar-refractivity contribution is 5.63. The summed E-state index contributed by atoms with van der Waals surface area (Å²) in [5.41, 5.74) is 3.24. The Balaban J connectivity index is 2.01. The van der Waals surface area contributed by atoms with Crippen LogP contribution in [0.1, 0.15) is 12.0 Å². The molecule has 1 aromatic carbocycles. The minimum Gasteiger partial charge on any atom is -0.385 e. The molecule has 0 aliphatic heterocycles. The van der Waals surface area contributed by atoms with Crippen molar-refractivity contribution in [3.8, 4) is 11.3 Å². The predicted molar refractivity (Wildman–Crippen MR) is 77.2 cm³/mol. The SMILES string of the molecule is COCCCNc1ccc(-c2ccccc2C)nn1. The standard InChI is InChI=1S/C15H19N3O/c1-12-6-3-4-7-13(12)14-8-9-15(18-17-14)16-10-5-11-19-2/h3-4,6-9H,5,10-11H2,1-2H3,(H,16,18). The van der Waals surface area contributed by atoms with Crippen LogP contribution in [0, 0.1) is 6.92 Å². The lowest BCUT2D eigenvalue weighted by Crippen LogP contribution is -2.06. The second-order valence-electron chi connectivity index (χ2n) is 4.39. The smallest absolute Gasteiger partial charge is 0.148 e. The molecule has 0 aliphatic rings. The Kier molecular flexibility index (Phi) is 4.86. The number of anilines is 1. The number of benzene rings is 1. The minimum absolute atomic E-state index is 0.752. The van der Waals surface area contributed by atoms with Gasteiger partial charge in [-0.15, -0.1) is 10.2 Å². The molecule has 0 amide bonds. The van der Waals surface area contributed by atoms with Crippen molar-refractivity contribution in [2.24, 2.45) is 0 Å². The van der Waals surface area contributed by atoms with E-state index in [0.717, 1.165) is 36.6 Å².